The van der Waals surface area contributed by atoms with Crippen molar-refractivity contribution in [3.05, 3.63) is 28.7 Å². The van der Waals surface area contributed by atoms with E-state index in [2.05, 4.69) is 4.98 Å². The van der Waals surface area contributed by atoms with Crippen LogP contribution in [0.1, 0.15) is 27.2 Å². The minimum atomic E-state index is -3.52. The average molecular weight is 258 g/mol. The molecular formula is C11H18N2O3S. The van der Waals surface area contributed by atoms with E-state index < -0.39 is 10.0 Å². The molecule has 0 aromatic carbocycles. The Labute approximate surface area is 102 Å². The van der Waals surface area contributed by atoms with Crippen LogP contribution in [0.5, 0.6) is 0 Å². The number of aromatic nitrogens is 1. The second kappa shape index (κ2) is 5.46. The standard InChI is InChI=1S/C11H18N2O3S/c1-4-9(3)13(5-2)17(15,16)10-6-7-11(14)12-8-10/h6-9H,4-5H2,1-3H3,(H,12,14). The summed E-state index contributed by atoms with van der Waals surface area (Å²) in [6, 6.07) is 2.49. The Kier molecular flexibility index (Phi) is 4.47. The van der Waals surface area contributed by atoms with Crippen LogP contribution in [0.25, 0.3) is 0 Å². The highest BCUT2D eigenvalue weighted by molar-refractivity contribution is 7.89. The number of H-pyrrole nitrogens is 1. The lowest BCUT2D eigenvalue weighted by atomic mass is 10.3. The zero-order valence-corrected chi connectivity index (χ0v) is 11.1. The number of hydrogen-bond acceptors (Lipinski definition) is 3. The molecule has 1 atom stereocenters. The Hall–Kier alpha value is -1.14. The van der Waals surface area contributed by atoms with Crippen molar-refractivity contribution in [1.82, 2.24) is 9.29 Å². The van der Waals surface area contributed by atoms with E-state index in [1.165, 1.54) is 22.6 Å². The summed E-state index contributed by atoms with van der Waals surface area (Å²) < 4.78 is 26.0. The largest absolute Gasteiger partial charge is 0.328 e. The van der Waals surface area contributed by atoms with Crippen LogP contribution in [0, 0.1) is 0 Å². The fraction of sp³-hybridized carbons (Fsp3) is 0.545. The predicted octanol–water partition coefficient (Wildman–Crippen LogP) is 1.18. The van der Waals surface area contributed by atoms with E-state index in [4.69, 9.17) is 0 Å². The molecule has 96 valence electrons. The zero-order chi connectivity index (χ0) is 13.1. The van der Waals surface area contributed by atoms with Gasteiger partial charge in [0.15, 0.2) is 0 Å². The second-order valence-electron chi connectivity index (χ2n) is 3.85. The first-order chi connectivity index (χ1) is 7.93. The molecule has 1 aromatic heterocycles. The highest BCUT2D eigenvalue weighted by Gasteiger charge is 2.26. The van der Waals surface area contributed by atoms with Gasteiger partial charge < -0.3 is 4.98 Å². The number of rotatable bonds is 5. The van der Waals surface area contributed by atoms with Gasteiger partial charge in [-0.3, -0.25) is 4.79 Å². The second-order valence-corrected chi connectivity index (χ2v) is 5.74. The Balaban J connectivity index is 3.17. The Morgan fingerprint density at radius 3 is 2.41 bits per heavy atom. The minimum Gasteiger partial charge on any atom is -0.328 e. The Morgan fingerprint density at radius 1 is 1.35 bits per heavy atom. The lowest BCUT2D eigenvalue weighted by Crippen LogP contribution is -2.38. The minimum absolute atomic E-state index is 0.0584. The van der Waals surface area contributed by atoms with Gasteiger partial charge in [-0.1, -0.05) is 13.8 Å². The molecule has 0 spiro atoms. The number of nitrogens with one attached hydrogen (secondary N) is 1. The van der Waals surface area contributed by atoms with Crippen molar-refractivity contribution in [3.63, 3.8) is 0 Å². The normalized spacial score (nSPS) is 13.9. The van der Waals surface area contributed by atoms with E-state index in [0.717, 1.165) is 6.42 Å². The topological polar surface area (TPSA) is 70.2 Å². The van der Waals surface area contributed by atoms with E-state index >= 15 is 0 Å². The van der Waals surface area contributed by atoms with Crippen LogP contribution < -0.4 is 5.56 Å². The third kappa shape index (κ3) is 2.95. The molecule has 0 saturated carbocycles. The predicted molar refractivity (Wildman–Crippen MR) is 66.4 cm³/mol. The summed E-state index contributed by atoms with van der Waals surface area (Å²) in [5, 5.41) is 0. The van der Waals surface area contributed by atoms with Gasteiger partial charge in [-0.25, -0.2) is 8.42 Å². The van der Waals surface area contributed by atoms with E-state index in [1.807, 2.05) is 13.8 Å². The van der Waals surface area contributed by atoms with Gasteiger partial charge in [0.25, 0.3) is 0 Å². The first kappa shape index (κ1) is 13.9. The van der Waals surface area contributed by atoms with E-state index in [1.54, 1.807) is 6.92 Å². The molecule has 1 N–H and O–H groups in total. The van der Waals surface area contributed by atoms with Crippen LogP contribution in [0.15, 0.2) is 28.0 Å². The van der Waals surface area contributed by atoms with Crippen molar-refractivity contribution < 1.29 is 8.42 Å². The van der Waals surface area contributed by atoms with Gasteiger partial charge in [0.1, 0.15) is 0 Å². The molecular weight excluding hydrogens is 240 g/mol. The molecule has 0 aliphatic heterocycles. The molecule has 0 fully saturated rings. The number of sulfonamides is 1. The summed E-state index contributed by atoms with van der Waals surface area (Å²) in [6.45, 7) is 6.02. The summed E-state index contributed by atoms with van der Waals surface area (Å²) in [5.74, 6) is 0. The van der Waals surface area contributed by atoms with Crippen molar-refractivity contribution in [2.75, 3.05) is 6.54 Å². The van der Waals surface area contributed by atoms with Gasteiger partial charge in [0.05, 0.1) is 4.90 Å². The summed E-state index contributed by atoms with van der Waals surface area (Å²) in [6.07, 6.45) is 1.99. The third-order valence-corrected chi connectivity index (χ3v) is 4.84. The van der Waals surface area contributed by atoms with Crippen LogP contribution in [0.3, 0.4) is 0 Å². The Morgan fingerprint density at radius 2 is 2.00 bits per heavy atom. The van der Waals surface area contributed by atoms with Crippen LogP contribution >= 0.6 is 0 Å². The summed E-state index contributed by atoms with van der Waals surface area (Å²) in [4.78, 5) is 13.4. The fourth-order valence-electron chi connectivity index (χ4n) is 1.61. The average Bonchev–Trinajstić information content (AvgIpc) is 2.29. The summed E-state index contributed by atoms with van der Waals surface area (Å²) in [5.41, 5.74) is -0.310. The molecule has 1 heterocycles. The van der Waals surface area contributed by atoms with E-state index in [0.29, 0.717) is 6.54 Å². The third-order valence-electron chi connectivity index (χ3n) is 2.76. The molecule has 1 aromatic rings. The molecule has 0 bridgehead atoms. The van der Waals surface area contributed by atoms with E-state index in [9.17, 15) is 13.2 Å². The van der Waals surface area contributed by atoms with Gasteiger partial charge in [0.2, 0.25) is 15.6 Å². The maximum absolute atomic E-state index is 12.3. The van der Waals surface area contributed by atoms with Crippen molar-refractivity contribution in [2.24, 2.45) is 0 Å². The molecule has 1 unspecified atom stereocenters. The maximum Gasteiger partial charge on any atom is 0.247 e. The van der Waals surface area contributed by atoms with Gasteiger partial charge in [-0.15, -0.1) is 0 Å². The summed E-state index contributed by atoms with van der Waals surface area (Å²) in [7, 11) is -3.52. The van der Waals surface area contributed by atoms with Gasteiger partial charge in [0, 0.05) is 24.8 Å². The monoisotopic (exact) mass is 258 g/mol. The van der Waals surface area contributed by atoms with Crippen LogP contribution in [0.2, 0.25) is 0 Å². The molecule has 0 amide bonds. The SMILES string of the molecule is CCC(C)N(CC)S(=O)(=O)c1ccc(=O)[nH]c1. The number of aromatic amines is 1. The fourth-order valence-corrected chi connectivity index (χ4v) is 3.30. The summed E-state index contributed by atoms with van der Waals surface area (Å²) >= 11 is 0. The maximum atomic E-state index is 12.3. The molecule has 17 heavy (non-hydrogen) atoms. The molecule has 1 rings (SSSR count). The molecule has 0 aliphatic rings. The van der Waals surface area contributed by atoms with Gasteiger partial charge >= 0.3 is 0 Å². The molecule has 0 aliphatic carbocycles. The number of hydrogen-bond donors (Lipinski definition) is 1. The van der Waals surface area contributed by atoms with Gasteiger partial charge in [-0.05, 0) is 19.4 Å². The van der Waals surface area contributed by atoms with Crippen molar-refractivity contribution >= 4 is 10.0 Å². The molecule has 6 heteroatoms. The molecule has 0 radical (unpaired) electrons. The highest BCUT2D eigenvalue weighted by Crippen LogP contribution is 2.17. The molecule has 0 saturated heterocycles. The zero-order valence-electron chi connectivity index (χ0n) is 10.3. The first-order valence-corrected chi connectivity index (χ1v) is 7.08. The quantitative estimate of drug-likeness (QED) is 0.862. The van der Waals surface area contributed by atoms with E-state index in [-0.39, 0.29) is 16.5 Å². The van der Waals surface area contributed by atoms with Crippen LogP contribution in [-0.4, -0.2) is 30.3 Å². The smallest absolute Gasteiger partial charge is 0.247 e. The first-order valence-electron chi connectivity index (χ1n) is 5.64. The number of nitrogens with zero attached hydrogens (tertiary/aromatic N) is 1. The lowest BCUT2D eigenvalue weighted by Gasteiger charge is -2.26. The van der Waals surface area contributed by atoms with Crippen LogP contribution in [-0.2, 0) is 10.0 Å². The number of pyridine rings is 1. The van der Waals surface area contributed by atoms with Crippen molar-refractivity contribution in [2.45, 2.75) is 38.1 Å². The van der Waals surface area contributed by atoms with Crippen molar-refractivity contribution in [3.8, 4) is 0 Å². The van der Waals surface area contributed by atoms with Crippen LogP contribution in [0.4, 0.5) is 0 Å². The van der Waals surface area contributed by atoms with Gasteiger partial charge in [-0.2, -0.15) is 4.31 Å². The molecule has 5 nitrogen and oxygen atoms in total. The highest BCUT2D eigenvalue weighted by atomic mass is 32.2. The lowest BCUT2D eigenvalue weighted by molar-refractivity contribution is 0.342. The van der Waals surface area contributed by atoms with Crippen molar-refractivity contribution in [1.29, 1.82) is 0 Å². The Bertz CT molecular complexity index is 501.